The van der Waals surface area contributed by atoms with Gasteiger partial charge in [0.2, 0.25) is 0 Å². The normalized spacial score (nSPS) is 11.4. The lowest BCUT2D eigenvalue weighted by atomic mass is 10.0. The van der Waals surface area contributed by atoms with Crippen molar-refractivity contribution in [2.24, 2.45) is 0 Å². The van der Waals surface area contributed by atoms with Gasteiger partial charge in [-0.15, -0.1) is 0 Å². The molecular formula is C28H32F2N2O2. The van der Waals surface area contributed by atoms with E-state index in [1.54, 1.807) is 24.3 Å². The molecule has 3 aromatic carbocycles. The quantitative estimate of drug-likeness (QED) is 0.323. The fourth-order valence-electron chi connectivity index (χ4n) is 3.87. The van der Waals surface area contributed by atoms with E-state index < -0.39 is 17.6 Å². The molecule has 0 amide bonds. The topological polar surface area (TPSA) is 52.6 Å². The predicted molar refractivity (Wildman–Crippen MR) is 131 cm³/mol. The lowest BCUT2D eigenvalue weighted by Gasteiger charge is -2.23. The van der Waals surface area contributed by atoms with E-state index in [0.717, 1.165) is 37.7 Å². The monoisotopic (exact) mass is 466 g/mol. The minimum Gasteiger partial charge on any atom is -0.478 e. The fraction of sp³-hybridized carbons (Fsp3) is 0.321. The van der Waals surface area contributed by atoms with E-state index in [4.69, 9.17) is 5.11 Å². The molecule has 3 aromatic rings. The molecule has 0 bridgehead atoms. The number of hydrogen-bond donors (Lipinski definition) is 2. The van der Waals surface area contributed by atoms with Crippen molar-refractivity contribution in [3.05, 3.63) is 106 Å². The summed E-state index contributed by atoms with van der Waals surface area (Å²) in [7, 11) is 0. The molecule has 3 rings (SSSR count). The third-order valence-electron chi connectivity index (χ3n) is 5.74. The van der Waals surface area contributed by atoms with Crippen LogP contribution in [0.2, 0.25) is 0 Å². The van der Waals surface area contributed by atoms with E-state index in [2.05, 4.69) is 48.3 Å². The van der Waals surface area contributed by atoms with Gasteiger partial charge >= 0.3 is 5.97 Å². The van der Waals surface area contributed by atoms with Gasteiger partial charge < -0.3 is 10.4 Å². The molecule has 180 valence electrons. The van der Waals surface area contributed by atoms with Crippen molar-refractivity contribution in [3.63, 3.8) is 0 Å². The Labute approximate surface area is 200 Å². The van der Waals surface area contributed by atoms with Crippen molar-refractivity contribution >= 4 is 5.97 Å². The molecule has 4 nitrogen and oxygen atoms in total. The Morgan fingerprint density at radius 2 is 1.47 bits per heavy atom. The molecule has 0 aliphatic carbocycles. The summed E-state index contributed by atoms with van der Waals surface area (Å²) in [6.07, 6.45) is 0.856. The number of carboxylic acids is 1. The van der Waals surface area contributed by atoms with Gasteiger partial charge in [0, 0.05) is 32.2 Å². The molecule has 0 unspecified atom stereocenters. The first-order valence-corrected chi connectivity index (χ1v) is 11.6. The van der Waals surface area contributed by atoms with Gasteiger partial charge in [0.25, 0.3) is 0 Å². The molecule has 6 heteroatoms. The fourth-order valence-corrected chi connectivity index (χ4v) is 3.87. The number of nitrogens with zero attached hydrogens (tertiary/aromatic N) is 1. The minimum absolute atomic E-state index is 0.230. The second-order valence-electron chi connectivity index (χ2n) is 8.92. The number of nitrogens with one attached hydrogen (secondary N) is 1. The Morgan fingerprint density at radius 3 is 2.06 bits per heavy atom. The number of carbonyl (C=O) groups is 1. The van der Waals surface area contributed by atoms with Gasteiger partial charge in [-0.05, 0) is 65.4 Å². The summed E-state index contributed by atoms with van der Waals surface area (Å²) in [5.74, 6) is -1.64. The number of aromatic carboxylic acids is 1. The van der Waals surface area contributed by atoms with Crippen LogP contribution in [0.1, 0.15) is 58.8 Å². The van der Waals surface area contributed by atoms with Gasteiger partial charge in [-0.1, -0.05) is 50.2 Å². The second-order valence-corrected chi connectivity index (χ2v) is 8.92. The molecule has 34 heavy (non-hydrogen) atoms. The highest BCUT2D eigenvalue weighted by molar-refractivity contribution is 5.87. The first-order valence-electron chi connectivity index (χ1n) is 11.6. The van der Waals surface area contributed by atoms with Crippen LogP contribution < -0.4 is 5.32 Å². The highest BCUT2D eigenvalue weighted by atomic mass is 19.1. The highest BCUT2D eigenvalue weighted by Crippen LogP contribution is 2.16. The highest BCUT2D eigenvalue weighted by Gasteiger charge is 2.11. The third kappa shape index (κ3) is 8.04. The SMILES string of the molecule is CC(C)c1ccc(CNCCCN(Cc2ccc(C(=O)O)cc2)Cc2cc(F)cc(F)c2)cc1. The summed E-state index contributed by atoms with van der Waals surface area (Å²) < 4.78 is 27.4. The van der Waals surface area contributed by atoms with Gasteiger partial charge in [-0.3, -0.25) is 4.90 Å². The van der Waals surface area contributed by atoms with Gasteiger partial charge in [-0.25, -0.2) is 13.6 Å². The average molecular weight is 467 g/mol. The zero-order valence-corrected chi connectivity index (χ0v) is 19.7. The summed E-state index contributed by atoms with van der Waals surface area (Å²) >= 11 is 0. The molecule has 0 saturated heterocycles. The molecule has 0 atom stereocenters. The van der Waals surface area contributed by atoms with Gasteiger partial charge in [-0.2, -0.15) is 0 Å². The van der Waals surface area contributed by atoms with E-state index in [-0.39, 0.29) is 5.56 Å². The van der Waals surface area contributed by atoms with Crippen LogP contribution in [0.5, 0.6) is 0 Å². The first-order chi connectivity index (χ1) is 16.3. The number of benzene rings is 3. The predicted octanol–water partition coefficient (Wildman–Crippen LogP) is 5.97. The molecule has 2 N–H and O–H groups in total. The molecule has 0 spiro atoms. The van der Waals surface area contributed by atoms with E-state index >= 15 is 0 Å². The van der Waals surface area contributed by atoms with Crippen LogP contribution in [-0.2, 0) is 19.6 Å². The molecule has 0 radical (unpaired) electrons. The Hall–Kier alpha value is -3.09. The van der Waals surface area contributed by atoms with Crippen LogP contribution in [0.25, 0.3) is 0 Å². The van der Waals surface area contributed by atoms with Gasteiger partial charge in [0.05, 0.1) is 5.56 Å². The summed E-state index contributed by atoms with van der Waals surface area (Å²) in [4.78, 5) is 13.2. The first kappa shape index (κ1) is 25.5. The minimum atomic E-state index is -0.969. The maximum Gasteiger partial charge on any atom is 0.335 e. The van der Waals surface area contributed by atoms with Crippen LogP contribution >= 0.6 is 0 Å². The molecular weight excluding hydrogens is 434 g/mol. The van der Waals surface area contributed by atoms with Gasteiger partial charge in [0.15, 0.2) is 0 Å². The van der Waals surface area contributed by atoms with Crippen LogP contribution in [-0.4, -0.2) is 29.1 Å². The van der Waals surface area contributed by atoms with Crippen molar-refractivity contribution in [1.29, 1.82) is 0 Å². The number of halogens is 2. The van der Waals surface area contributed by atoms with Crippen LogP contribution in [0, 0.1) is 11.6 Å². The molecule has 0 heterocycles. The van der Waals surface area contributed by atoms with Crippen LogP contribution in [0.15, 0.2) is 66.7 Å². The number of rotatable bonds is 12. The Morgan fingerprint density at radius 1 is 0.882 bits per heavy atom. The third-order valence-corrected chi connectivity index (χ3v) is 5.74. The van der Waals surface area contributed by atoms with E-state index in [0.29, 0.717) is 24.6 Å². The Kier molecular flexibility index (Phi) is 9.31. The summed E-state index contributed by atoms with van der Waals surface area (Å²) in [5.41, 5.74) is 4.30. The van der Waals surface area contributed by atoms with Crippen molar-refractivity contribution < 1.29 is 18.7 Å². The molecule has 0 saturated carbocycles. The molecule has 0 aliphatic rings. The van der Waals surface area contributed by atoms with E-state index in [1.165, 1.54) is 23.3 Å². The van der Waals surface area contributed by atoms with Crippen LogP contribution in [0.3, 0.4) is 0 Å². The Balaban J connectivity index is 1.56. The lowest BCUT2D eigenvalue weighted by molar-refractivity contribution is 0.0697. The van der Waals surface area contributed by atoms with Gasteiger partial charge in [0.1, 0.15) is 11.6 Å². The number of carboxylic acid groups (broad SMARTS) is 1. The van der Waals surface area contributed by atoms with Crippen molar-refractivity contribution in [2.45, 2.75) is 45.8 Å². The molecule has 0 aromatic heterocycles. The molecule has 0 aliphatic heterocycles. The summed E-state index contributed by atoms with van der Waals surface area (Å²) in [5, 5.41) is 12.6. The summed E-state index contributed by atoms with van der Waals surface area (Å²) in [6.45, 7) is 7.61. The second kappa shape index (κ2) is 12.4. The lowest BCUT2D eigenvalue weighted by Crippen LogP contribution is -2.27. The van der Waals surface area contributed by atoms with Crippen LogP contribution in [0.4, 0.5) is 8.78 Å². The maximum absolute atomic E-state index is 13.7. The maximum atomic E-state index is 13.7. The zero-order chi connectivity index (χ0) is 24.5. The van der Waals surface area contributed by atoms with Crippen molar-refractivity contribution in [2.75, 3.05) is 13.1 Å². The van der Waals surface area contributed by atoms with Crippen molar-refractivity contribution in [3.8, 4) is 0 Å². The standard InChI is InChI=1S/C28H32F2N2O2/c1-20(2)24-8-4-21(5-9-24)17-31-12-3-13-32(19-23-14-26(29)16-27(30)15-23)18-22-6-10-25(11-7-22)28(33)34/h4-11,14-16,20,31H,3,12-13,17-19H2,1-2H3,(H,33,34). The number of hydrogen-bond acceptors (Lipinski definition) is 3. The average Bonchev–Trinajstić information content (AvgIpc) is 2.78. The van der Waals surface area contributed by atoms with Crippen molar-refractivity contribution in [1.82, 2.24) is 10.2 Å². The zero-order valence-electron chi connectivity index (χ0n) is 19.7. The summed E-state index contributed by atoms with van der Waals surface area (Å²) in [6, 6.07) is 18.9. The Bertz CT molecular complexity index is 1050. The van der Waals surface area contributed by atoms with E-state index in [9.17, 15) is 13.6 Å². The smallest absolute Gasteiger partial charge is 0.335 e. The molecule has 0 fully saturated rings. The largest absolute Gasteiger partial charge is 0.478 e. The van der Waals surface area contributed by atoms with E-state index in [1.807, 2.05) is 0 Å².